The van der Waals surface area contributed by atoms with Crippen LogP contribution in [0.3, 0.4) is 0 Å². The number of pyridine rings is 1. The van der Waals surface area contributed by atoms with E-state index in [1.54, 1.807) is 18.2 Å². The Morgan fingerprint density at radius 3 is 2.58 bits per heavy atom. The highest BCUT2D eigenvalue weighted by Crippen LogP contribution is 2.19. The molecule has 1 N–H and O–H groups in total. The van der Waals surface area contributed by atoms with Crippen molar-refractivity contribution >= 4 is 5.69 Å². The van der Waals surface area contributed by atoms with Crippen molar-refractivity contribution in [2.24, 2.45) is 0 Å². The second kappa shape index (κ2) is 5.60. The molecule has 0 unspecified atom stereocenters. The van der Waals surface area contributed by atoms with Gasteiger partial charge >= 0.3 is 0 Å². The molecule has 0 fully saturated rings. The van der Waals surface area contributed by atoms with E-state index in [1.165, 1.54) is 7.11 Å². The molecule has 0 saturated heterocycles. The summed E-state index contributed by atoms with van der Waals surface area (Å²) in [5, 5.41) is 2.65. The van der Waals surface area contributed by atoms with Crippen molar-refractivity contribution in [1.29, 1.82) is 0 Å². The second-order valence-electron chi connectivity index (χ2n) is 3.77. The molecule has 100 valence electrons. The zero-order valence-corrected chi connectivity index (χ0v) is 10.1. The van der Waals surface area contributed by atoms with Gasteiger partial charge in [-0.15, -0.1) is 0 Å². The number of methoxy groups -OCH3 is 1. The quantitative estimate of drug-likeness (QED) is 0.865. The van der Waals surface area contributed by atoms with Gasteiger partial charge in [0.05, 0.1) is 25.0 Å². The standard InChI is InChI=1S/C13H11F3N2O/c1-19-13-4-2-3-8(18-13)7-17-12-6-10(15)9(14)5-11(12)16/h2-6,17H,7H2,1H3. The Morgan fingerprint density at radius 1 is 1.11 bits per heavy atom. The fraction of sp³-hybridized carbons (Fsp3) is 0.154. The predicted molar refractivity (Wildman–Crippen MR) is 64.4 cm³/mol. The van der Waals surface area contributed by atoms with Gasteiger partial charge in [-0.25, -0.2) is 18.2 Å². The van der Waals surface area contributed by atoms with E-state index >= 15 is 0 Å². The number of halogens is 3. The Labute approximate surface area is 108 Å². The molecule has 3 nitrogen and oxygen atoms in total. The SMILES string of the molecule is COc1cccc(CNc2cc(F)c(F)cc2F)n1. The Balaban J connectivity index is 2.12. The van der Waals surface area contributed by atoms with Crippen LogP contribution in [0.4, 0.5) is 18.9 Å². The molecule has 0 aliphatic heterocycles. The van der Waals surface area contributed by atoms with Gasteiger partial charge in [0, 0.05) is 18.2 Å². The molecule has 6 heteroatoms. The molecule has 0 saturated carbocycles. The minimum Gasteiger partial charge on any atom is -0.481 e. The van der Waals surface area contributed by atoms with Crippen LogP contribution in [0, 0.1) is 17.5 Å². The van der Waals surface area contributed by atoms with Crippen molar-refractivity contribution in [3.63, 3.8) is 0 Å². The first-order valence-electron chi connectivity index (χ1n) is 5.48. The third-order valence-corrected chi connectivity index (χ3v) is 2.46. The molecule has 2 aromatic rings. The summed E-state index contributed by atoms with van der Waals surface area (Å²) in [5.74, 6) is -2.77. The highest BCUT2D eigenvalue weighted by molar-refractivity contribution is 5.45. The van der Waals surface area contributed by atoms with Crippen LogP contribution in [-0.4, -0.2) is 12.1 Å². The number of hydrogen-bond donors (Lipinski definition) is 1. The van der Waals surface area contributed by atoms with E-state index in [0.717, 1.165) is 6.07 Å². The van der Waals surface area contributed by atoms with Crippen molar-refractivity contribution in [2.45, 2.75) is 6.54 Å². The monoisotopic (exact) mass is 268 g/mol. The minimum absolute atomic E-state index is 0.122. The molecule has 19 heavy (non-hydrogen) atoms. The Morgan fingerprint density at radius 2 is 1.84 bits per heavy atom. The Kier molecular flexibility index (Phi) is 3.89. The van der Waals surface area contributed by atoms with Crippen LogP contribution in [0.25, 0.3) is 0 Å². The van der Waals surface area contributed by atoms with E-state index < -0.39 is 17.5 Å². The normalized spacial score (nSPS) is 10.3. The van der Waals surface area contributed by atoms with Crippen LogP contribution in [0.5, 0.6) is 5.88 Å². The third-order valence-electron chi connectivity index (χ3n) is 2.46. The van der Waals surface area contributed by atoms with E-state index in [0.29, 0.717) is 17.6 Å². The lowest BCUT2D eigenvalue weighted by Gasteiger charge is -2.08. The summed E-state index contributed by atoms with van der Waals surface area (Å²) >= 11 is 0. The molecule has 0 amide bonds. The summed E-state index contributed by atoms with van der Waals surface area (Å²) in [6.07, 6.45) is 0. The maximum absolute atomic E-state index is 13.4. The number of ether oxygens (including phenoxy) is 1. The fourth-order valence-corrected chi connectivity index (χ4v) is 1.51. The van der Waals surface area contributed by atoms with Gasteiger partial charge in [0.15, 0.2) is 11.6 Å². The topological polar surface area (TPSA) is 34.1 Å². The lowest BCUT2D eigenvalue weighted by molar-refractivity contribution is 0.396. The number of anilines is 1. The zero-order chi connectivity index (χ0) is 13.8. The van der Waals surface area contributed by atoms with Crippen molar-refractivity contribution in [3.05, 3.63) is 53.5 Å². The molecule has 1 aromatic carbocycles. The average molecular weight is 268 g/mol. The first-order valence-corrected chi connectivity index (χ1v) is 5.48. The van der Waals surface area contributed by atoms with Gasteiger partial charge in [0.1, 0.15) is 5.82 Å². The van der Waals surface area contributed by atoms with Crippen molar-refractivity contribution in [3.8, 4) is 5.88 Å². The van der Waals surface area contributed by atoms with Crippen LogP contribution in [-0.2, 0) is 6.54 Å². The summed E-state index contributed by atoms with van der Waals surface area (Å²) in [6, 6.07) is 6.36. The molecule has 0 bridgehead atoms. The molecule has 0 spiro atoms. The van der Waals surface area contributed by atoms with Crippen LogP contribution in [0.15, 0.2) is 30.3 Å². The first-order chi connectivity index (χ1) is 9.10. The van der Waals surface area contributed by atoms with Gasteiger partial charge in [-0.2, -0.15) is 0 Å². The number of hydrogen-bond acceptors (Lipinski definition) is 3. The van der Waals surface area contributed by atoms with E-state index in [1.807, 2.05) is 0 Å². The summed E-state index contributed by atoms with van der Waals surface area (Å²) in [7, 11) is 1.48. The minimum atomic E-state index is -1.22. The number of aromatic nitrogens is 1. The zero-order valence-electron chi connectivity index (χ0n) is 10.1. The van der Waals surface area contributed by atoms with E-state index in [-0.39, 0.29) is 12.2 Å². The van der Waals surface area contributed by atoms with Crippen LogP contribution in [0.1, 0.15) is 5.69 Å². The fourth-order valence-electron chi connectivity index (χ4n) is 1.51. The summed E-state index contributed by atoms with van der Waals surface area (Å²) < 4.78 is 44.0. The molecule has 0 aliphatic rings. The largest absolute Gasteiger partial charge is 0.481 e. The van der Waals surface area contributed by atoms with Crippen molar-refractivity contribution in [1.82, 2.24) is 4.98 Å². The lowest BCUT2D eigenvalue weighted by atomic mass is 10.2. The van der Waals surface area contributed by atoms with E-state index in [9.17, 15) is 13.2 Å². The van der Waals surface area contributed by atoms with Gasteiger partial charge in [-0.3, -0.25) is 0 Å². The van der Waals surface area contributed by atoms with Gasteiger partial charge in [-0.1, -0.05) is 6.07 Å². The number of rotatable bonds is 4. The highest BCUT2D eigenvalue weighted by atomic mass is 19.2. The average Bonchev–Trinajstić information content (AvgIpc) is 2.41. The molecule has 0 radical (unpaired) electrons. The molecule has 2 rings (SSSR count). The molecule has 1 aromatic heterocycles. The van der Waals surface area contributed by atoms with Gasteiger partial charge in [0.2, 0.25) is 5.88 Å². The Bertz CT molecular complexity index is 590. The van der Waals surface area contributed by atoms with E-state index in [4.69, 9.17) is 4.74 Å². The van der Waals surface area contributed by atoms with Crippen LogP contribution >= 0.6 is 0 Å². The van der Waals surface area contributed by atoms with Crippen LogP contribution < -0.4 is 10.1 Å². The van der Waals surface area contributed by atoms with E-state index in [2.05, 4.69) is 10.3 Å². The van der Waals surface area contributed by atoms with Crippen LogP contribution in [0.2, 0.25) is 0 Å². The molecule has 0 aliphatic carbocycles. The van der Waals surface area contributed by atoms with Gasteiger partial charge < -0.3 is 10.1 Å². The molecular formula is C13H11F3N2O. The van der Waals surface area contributed by atoms with Crippen molar-refractivity contribution < 1.29 is 17.9 Å². The summed E-state index contributed by atoms with van der Waals surface area (Å²) in [6.45, 7) is 0.166. The third kappa shape index (κ3) is 3.15. The predicted octanol–water partition coefficient (Wildman–Crippen LogP) is 3.12. The van der Waals surface area contributed by atoms with Crippen molar-refractivity contribution in [2.75, 3.05) is 12.4 Å². The number of nitrogens with one attached hydrogen (secondary N) is 1. The Hall–Kier alpha value is -2.24. The van der Waals surface area contributed by atoms with Gasteiger partial charge in [-0.05, 0) is 6.07 Å². The highest BCUT2D eigenvalue weighted by Gasteiger charge is 2.09. The van der Waals surface area contributed by atoms with Gasteiger partial charge in [0.25, 0.3) is 0 Å². The first kappa shape index (κ1) is 13.2. The second-order valence-corrected chi connectivity index (χ2v) is 3.77. The smallest absolute Gasteiger partial charge is 0.213 e. The maximum atomic E-state index is 13.4. The number of benzene rings is 1. The maximum Gasteiger partial charge on any atom is 0.213 e. The number of nitrogens with zero attached hydrogens (tertiary/aromatic N) is 1. The summed E-state index contributed by atoms with van der Waals surface area (Å²) in [4.78, 5) is 4.10. The summed E-state index contributed by atoms with van der Waals surface area (Å²) in [5.41, 5.74) is 0.465. The molecular weight excluding hydrogens is 257 g/mol. The molecule has 0 atom stereocenters. The lowest BCUT2D eigenvalue weighted by Crippen LogP contribution is -2.05. The molecule has 1 heterocycles.